The minimum absolute atomic E-state index is 0.0170. The summed E-state index contributed by atoms with van der Waals surface area (Å²) >= 11 is 1.17. The van der Waals surface area contributed by atoms with Crippen molar-refractivity contribution in [2.24, 2.45) is 0 Å². The maximum absolute atomic E-state index is 13.9. The number of urea groups is 1. The lowest BCUT2D eigenvalue weighted by atomic mass is 10.1. The lowest BCUT2D eigenvalue weighted by Crippen LogP contribution is -2.46. The van der Waals surface area contributed by atoms with Crippen LogP contribution in [-0.2, 0) is 20.8 Å². The van der Waals surface area contributed by atoms with Crippen molar-refractivity contribution >= 4 is 34.6 Å². The lowest BCUT2D eigenvalue weighted by Gasteiger charge is -2.28. The number of nitrogens with one attached hydrogen (secondary N) is 2. The SMILES string of the molecule is COC(=O)CCC[C@@H](COC(=O)Nc1nnc(-c2ccc(C)cc2)s1)N(C)C(=O)NCc1cccc(F)c1F. The number of methoxy groups -OCH3 is 1. The van der Waals surface area contributed by atoms with Gasteiger partial charge >= 0.3 is 18.1 Å². The zero-order valence-electron chi connectivity index (χ0n) is 21.7. The number of carbonyl (C=O) groups is 3. The highest BCUT2D eigenvalue weighted by Crippen LogP contribution is 2.26. The van der Waals surface area contributed by atoms with Gasteiger partial charge < -0.3 is 19.7 Å². The molecule has 1 aromatic heterocycles. The zero-order chi connectivity index (χ0) is 28.4. The van der Waals surface area contributed by atoms with Crippen molar-refractivity contribution in [1.82, 2.24) is 20.4 Å². The third-order valence-electron chi connectivity index (χ3n) is 5.81. The van der Waals surface area contributed by atoms with E-state index in [-0.39, 0.29) is 30.3 Å². The summed E-state index contributed by atoms with van der Waals surface area (Å²) in [6.07, 6.45) is -0.0307. The molecule has 0 spiro atoms. The number of amides is 3. The number of nitrogens with zero attached hydrogens (tertiary/aromatic N) is 3. The highest BCUT2D eigenvalue weighted by Gasteiger charge is 2.23. The molecule has 0 aliphatic carbocycles. The van der Waals surface area contributed by atoms with Crippen LogP contribution < -0.4 is 10.6 Å². The van der Waals surface area contributed by atoms with Crippen LogP contribution in [0.15, 0.2) is 42.5 Å². The second-order valence-electron chi connectivity index (χ2n) is 8.61. The maximum atomic E-state index is 13.9. The Hall–Kier alpha value is -4.13. The van der Waals surface area contributed by atoms with Gasteiger partial charge in [0.05, 0.1) is 13.2 Å². The number of esters is 1. The van der Waals surface area contributed by atoms with E-state index in [9.17, 15) is 23.2 Å². The van der Waals surface area contributed by atoms with E-state index in [1.165, 1.54) is 42.5 Å². The molecule has 0 bridgehead atoms. The summed E-state index contributed by atoms with van der Waals surface area (Å²) in [5.74, 6) is -2.48. The Morgan fingerprint density at radius 3 is 2.56 bits per heavy atom. The highest BCUT2D eigenvalue weighted by molar-refractivity contribution is 7.18. The van der Waals surface area contributed by atoms with Crippen LogP contribution in [0.3, 0.4) is 0 Å². The molecule has 1 heterocycles. The van der Waals surface area contributed by atoms with Gasteiger partial charge in [-0.1, -0.05) is 53.3 Å². The van der Waals surface area contributed by atoms with Gasteiger partial charge in [-0.25, -0.2) is 18.4 Å². The Kier molecular flexibility index (Phi) is 10.7. The first-order chi connectivity index (χ1) is 18.7. The highest BCUT2D eigenvalue weighted by atomic mass is 32.1. The molecular weight excluding hydrogens is 532 g/mol. The van der Waals surface area contributed by atoms with Crippen molar-refractivity contribution in [3.8, 4) is 10.6 Å². The summed E-state index contributed by atoms with van der Waals surface area (Å²) in [4.78, 5) is 38.0. The topological polar surface area (TPSA) is 123 Å². The van der Waals surface area contributed by atoms with Gasteiger partial charge in [-0.2, -0.15) is 0 Å². The molecule has 13 heteroatoms. The molecule has 3 aromatic rings. The van der Waals surface area contributed by atoms with Gasteiger partial charge in [0.25, 0.3) is 0 Å². The van der Waals surface area contributed by atoms with Crippen molar-refractivity contribution in [1.29, 1.82) is 0 Å². The molecule has 1 atom stereocenters. The number of hydrogen-bond acceptors (Lipinski definition) is 8. The number of carbonyl (C=O) groups excluding carboxylic acids is 3. The van der Waals surface area contributed by atoms with E-state index in [0.29, 0.717) is 17.8 Å². The number of hydrogen-bond donors (Lipinski definition) is 2. The quantitative estimate of drug-likeness (QED) is 0.320. The molecule has 0 fully saturated rings. The Morgan fingerprint density at radius 2 is 1.85 bits per heavy atom. The van der Waals surface area contributed by atoms with Gasteiger partial charge in [-0.3, -0.25) is 10.1 Å². The number of halogens is 2. The van der Waals surface area contributed by atoms with Crippen LogP contribution in [0.2, 0.25) is 0 Å². The molecule has 0 radical (unpaired) electrons. The Labute approximate surface area is 228 Å². The third kappa shape index (κ3) is 8.70. The number of aromatic nitrogens is 2. The first kappa shape index (κ1) is 29.4. The van der Waals surface area contributed by atoms with Gasteiger partial charge in [-0.05, 0) is 25.8 Å². The van der Waals surface area contributed by atoms with E-state index in [1.807, 2.05) is 31.2 Å². The van der Waals surface area contributed by atoms with Gasteiger partial charge in [0.2, 0.25) is 5.13 Å². The fraction of sp³-hybridized carbons (Fsp3) is 0.346. The Morgan fingerprint density at radius 1 is 1.10 bits per heavy atom. The second-order valence-corrected chi connectivity index (χ2v) is 9.58. The molecule has 0 unspecified atom stereocenters. The van der Waals surface area contributed by atoms with E-state index in [2.05, 4.69) is 25.6 Å². The number of benzene rings is 2. The smallest absolute Gasteiger partial charge is 0.413 e. The standard InChI is InChI=1S/C26H29F2N5O5S/c1-16-10-12-17(13-11-16)23-31-32-24(39-23)30-26(36)38-15-19(7-5-9-21(34)37-3)33(2)25(35)29-14-18-6-4-8-20(27)22(18)28/h4,6,8,10-13,19H,5,7,9,14-15H2,1-3H3,(H,29,35)(H,30,32,36)/t19-/m0/s1. The van der Waals surface area contributed by atoms with E-state index in [1.54, 1.807) is 0 Å². The van der Waals surface area contributed by atoms with Crippen LogP contribution in [0.25, 0.3) is 10.6 Å². The van der Waals surface area contributed by atoms with Gasteiger partial charge in [-0.15, -0.1) is 10.2 Å². The van der Waals surface area contributed by atoms with E-state index < -0.39 is 35.8 Å². The Bertz CT molecular complexity index is 1290. The molecule has 0 aliphatic rings. The minimum Gasteiger partial charge on any atom is -0.469 e. The molecule has 3 rings (SSSR count). The summed E-state index contributed by atoms with van der Waals surface area (Å²) < 4.78 is 37.4. The maximum Gasteiger partial charge on any atom is 0.413 e. The molecule has 0 saturated carbocycles. The van der Waals surface area contributed by atoms with Gasteiger partial charge in [0, 0.05) is 31.1 Å². The fourth-order valence-electron chi connectivity index (χ4n) is 3.50. The van der Waals surface area contributed by atoms with Crippen molar-refractivity contribution in [3.05, 3.63) is 65.2 Å². The predicted molar refractivity (Wildman–Crippen MR) is 141 cm³/mol. The number of rotatable bonds is 11. The molecule has 2 N–H and O–H groups in total. The first-order valence-corrected chi connectivity index (χ1v) is 12.8. The normalized spacial score (nSPS) is 11.4. The van der Waals surface area contributed by atoms with Crippen LogP contribution in [-0.4, -0.2) is 60.0 Å². The number of anilines is 1. The van der Waals surface area contributed by atoms with Crippen LogP contribution >= 0.6 is 11.3 Å². The van der Waals surface area contributed by atoms with Crippen molar-refractivity contribution in [2.45, 2.75) is 38.8 Å². The molecule has 39 heavy (non-hydrogen) atoms. The molecule has 0 saturated heterocycles. The monoisotopic (exact) mass is 561 g/mol. The third-order valence-corrected chi connectivity index (χ3v) is 6.70. The van der Waals surface area contributed by atoms with E-state index in [4.69, 9.17) is 4.74 Å². The summed E-state index contributed by atoms with van der Waals surface area (Å²) in [5, 5.41) is 13.9. The Balaban J connectivity index is 1.58. The minimum atomic E-state index is -1.04. The van der Waals surface area contributed by atoms with E-state index >= 15 is 0 Å². The average Bonchev–Trinajstić information content (AvgIpc) is 3.39. The molecule has 3 amide bonds. The molecule has 10 nitrogen and oxygen atoms in total. The second kappa shape index (κ2) is 14.1. The van der Waals surface area contributed by atoms with E-state index in [0.717, 1.165) is 17.2 Å². The number of likely N-dealkylation sites (N-methyl/N-ethyl adjacent to an activating group) is 1. The summed E-state index contributed by atoms with van der Waals surface area (Å²) in [7, 11) is 2.75. The molecule has 0 aliphatic heterocycles. The lowest BCUT2D eigenvalue weighted by molar-refractivity contribution is -0.140. The van der Waals surface area contributed by atoms with Crippen molar-refractivity contribution in [3.63, 3.8) is 0 Å². The van der Waals surface area contributed by atoms with Crippen LogP contribution in [0.5, 0.6) is 0 Å². The average molecular weight is 562 g/mol. The van der Waals surface area contributed by atoms with Crippen LogP contribution in [0, 0.1) is 18.6 Å². The van der Waals surface area contributed by atoms with Gasteiger partial charge in [0.15, 0.2) is 11.6 Å². The first-order valence-electron chi connectivity index (χ1n) is 12.0. The molecule has 2 aromatic carbocycles. The fourth-order valence-corrected chi connectivity index (χ4v) is 4.24. The number of aryl methyl sites for hydroxylation is 1. The van der Waals surface area contributed by atoms with Crippen molar-refractivity contribution in [2.75, 3.05) is 26.1 Å². The molecule has 208 valence electrons. The van der Waals surface area contributed by atoms with Crippen LogP contribution in [0.4, 0.5) is 23.5 Å². The predicted octanol–water partition coefficient (Wildman–Crippen LogP) is 4.89. The number of ether oxygens (including phenoxy) is 2. The molecular formula is C26H29F2N5O5S. The zero-order valence-corrected chi connectivity index (χ0v) is 22.5. The van der Waals surface area contributed by atoms with Gasteiger partial charge in [0.1, 0.15) is 11.6 Å². The summed E-state index contributed by atoms with van der Waals surface area (Å²) in [6.45, 7) is 1.53. The largest absolute Gasteiger partial charge is 0.469 e. The summed E-state index contributed by atoms with van der Waals surface area (Å²) in [6, 6.07) is 10.1. The summed E-state index contributed by atoms with van der Waals surface area (Å²) in [5.41, 5.74) is 1.94. The van der Waals surface area contributed by atoms with Crippen LogP contribution in [0.1, 0.15) is 30.4 Å². The van der Waals surface area contributed by atoms with Crippen molar-refractivity contribution < 1.29 is 32.6 Å².